The van der Waals surface area contributed by atoms with Crippen LogP contribution in [0, 0.1) is 5.92 Å². The Morgan fingerprint density at radius 3 is 3.00 bits per heavy atom. The summed E-state index contributed by atoms with van der Waals surface area (Å²) in [6.45, 7) is 1.75. The van der Waals surface area contributed by atoms with Crippen LogP contribution in [-0.2, 0) is 0 Å². The number of rotatable bonds is 4. The number of carbonyl (C=O) groups is 1. The largest absolute Gasteiger partial charge is 0.396 e. The minimum Gasteiger partial charge on any atom is -0.396 e. The zero-order valence-electron chi connectivity index (χ0n) is 10.3. The van der Waals surface area contributed by atoms with Crippen LogP contribution in [0.25, 0.3) is 0 Å². The van der Waals surface area contributed by atoms with Gasteiger partial charge in [-0.2, -0.15) is 0 Å². The van der Waals surface area contributed by atoms with Crippen molar-refractivity contribution in [2.75, 3.05) is 11.9 Å². The third kappa shape index (κ3) is 3.00. The summed E-state index contributed by atoms with van der Waals surface area (Å²) >= 11 is 5.86. The Kier molecular flexibility index (Phi) is 4.19. The molecule has 1 saturated carbocycles. The van der Waals surface area contributed by atoms with Gasteiger partial charge >= 0.3 is 0 Å². The number of aliphatic hydroxyl groups is 1. The van der Waals surface area contributed by atoms with Crippen molar-refractivity contribution in [1.82, 2.24) is 4.98 Å². The van der Waals surface area contributed by atoms with Crippen molar-refractivity contribution in [2.45, 2.75) is 32.2 Å². The summed E-state index contributed by atoms with van der Waals surface area (Å²) in [4.78, 5) is 15.4. The standard InChI is InChI=1S/C13H17ClN2O2/c1-8(18)11-6-15-13(14)5-12(11)16-10-3-2-9(4-10)7-17/h5-6,9-10,17H,2-4,7H2,1H3,(H,15,16). The number of aliphatic hydroxyl groups excluding tert-OH is 1. The molecule has 0 aliphatic heterocycles. The van der Waals surface area contributed by atoms with E-state index >= 15 is 0 Å². The lowest BCUT2D eigenvalue weighted by Crippen LogP contribution is -2.18. The normalized spacial score (nSPS) is 23.1. The summed E-state index contributed by atoms with van der Waals surface area (Å²) in [5, 5.41) is 12.8. The molecule has 2 N–H and O–H groups in total. The molecule has 0 aromatic carbocycles. The SMILES string of the molecule is CC(=O)c1cnc(Cl)cc1NC1CCC(CO)C1. The van der Waals surface area contributed by atoms with E-state index in [0.717, 1.165) is 24.9 Å². The maximum atomic E-state index is 11.5. The van der Waals surface area contributed by atoms with Gasteiger partial charge in [0.25, 0.3) is 0 Å². The van der Waals surface area contributed by atoms with Crippen molar-refractivity contribution in [3.63, 3.8) is 0 Å². The van der Waals surface area contributed by atoms with E-state index in [1.807, 2.05) is 0 Å². The molecule has 1 heterocycles. The second-order valence-electron chi connectivity index (χ2n) is 4.81. The van der Waals surface area contributed by atoms with E-state index in [4.69, 9.17) is 16.7 Å². The van der Waals surface area contributed by atoms with Crippen LogP contribution in [-0.4, -0.2) is 28.5 Å². The molecule has 4 nitrogen and oxygen atoms in total. The summed E-state index contributed by atoms with van der Waals surface area (Å²) in [5.41, 5.74) is 1.30. The number of hydrogen-bond donors (Lipinski definition) is 2. The van der Waals surface area contributed by atoms with Gasteiger partial charge in [-0.3, -0.25) is 4.79 Å². The Balaban J connectivity index is 2.13. The molecule has 98 valence electrons. The van der Waals surface area contributed by atoms with Crippen molar-refractivity contribution in [1.29, 1.82) is 0 Å². The molecule has 0 amide bonds. The third-order valence-corrected chi connectivity index (χ3v) is 3.62. The fourth-order valence-corrected chi connectivity index (χ4v) is 2.58. The van der Waals surface area contributed by atoms with Gasteiger partial charge in [0, 0.05) is 24.5 Å². The molecular weight excluding hydrogens is 252 g/mol. The first-order valence-corrected chi connectivity index (χ1v) is 6.52. The number of hydrogen-bond acceptors (Lipinski definition) is 4. The highest BCUT2D eigenvalue weighted by molar-refractivity contribution is 6.29. The molecule has 0 saturated heterocycles. The van der Waals surface area contributed by atoms with Crippen LogP contribution in [0.2, 0.25) is 5.15 Å². The van der Waals surface area contributed by atoms with Crippen LogP contribution in [0.1, 0.15) is 36.5 Å². The van der Waals surface area contributed by atoms with Gasteiger partial charge in [-0.05, 0) is 38.2 Å². The minimum absolute atomic E-state index is 0.0293. The number of nitrogens with zero attached hydrogens (tertiary/aromatic N) is 1. The fraction of sp³-hybridized carbons (Fsp3) is 0.538. The van der Waals surface area contributed by atoms with Gasteiger partial charge in [-0.25, -0.2) is 4.98 Å². The highest BCUT2D eigenvalue weighted by Gasteiger charge is 2.24. The van der Waals surface area contributed by atoms with Crippen LogP contribution >= 0.6 is 11.6 Å². The maximum absolute atomic E-state index is 11.5. The van der Waals surface area contributed by atoms with E-state index in [2.05, 4.69) is 10.3 Å². The van der Waals surface area contributed by atoms with E-state index in [9.17, 15) is 4.79 Å². The van der Waals surface area contributed by atoms with E-state index in [1.54, 1.807) is 6.07 Å². The van der Waals surface area contributed by atoms with Gasteiger partial charge in [0.15, 0.2) is 5.78 Å². The number of aromatic nitrogens is 1. The summed E-state index contributed by atoms with van der Waals surface area (Å²) in [7, 11) is 0. The van der Waals surface area contributed by atoms with Gasteiger partial charge in [0.05, 0.1) is 5.56 Å². The average molecular weight is 269 g/mol. The van der Waals surface area contributed by atoms with Crippen LogP contribution in [0.15, 0.2) is 12.3 Å². The first kappa shape index (κ1) is 13.3. The monoisotopic (exact) mass is 268 g/mol. The number of carbonyl (C=O) groups excluding carboxylic acids is 1. The summed E-state index contributed by atoms with van der Waals surface area (Å²) in [6, 6.07) is 1.98. The highest BCUT2D eigenvalue weighted by atomic mass is 35.5. The Labute approximate surface area is 111 Å². The lowest BCUT2D eigenvalue weighted by Gasteiger charge is -2.16. The molecule has 2 unspecified atom stereocenters. The number of halogens is 1. The average Bonchev–Trinajstić information content (AvgIpc) is 2.76. The van der Waals surface area contributed by atoms with Gasteiger partial charge < -0.3 is 10.4 Å². The number of pyridine rings is 1. The smallest absolute Gasteiger partial charge is 0.163 e. The molecule has 1 aliphatic rings. The molecular formula is C13H17ClN2O2. The second kappa shape index (κ2) is 5.67. The van der Waals surface area contributed by atoms with Crippen LogP contribution < -0.4 is 5.32 Å². The molecule has 0 spiro atoms. The summed E-state index contributed by atoms with van der Waals surface area (Å²) < 4.78 is 0. The van der Waals surface area contributed by atoms with E-state index < -0.39 is 0 Å². The minimum atomic E-state index is -0.0293. The van der Waals surface area contributed by atoms with Gasteiger partial charge in [-0.15, -0.1) is 0 Å². The van der Waals surface area contributed by atoms with Crippen LogP contribution in [0.5, 0.6) is 0 Å². The van der Waals surface area contributed by atoms with Crippen molar-refractivity contribution in [2.24, 2.45) is 5.92 Å². The van der Waals surface area contributed by atoms with Gasteiger partial charge in [0.1, 0.15) is 5.15 Å². The van der Waals surface area contributed by atoms with Gasteiger partial charge in [-0.1, -0.05) is 11.6 Å². The Hall–Kier alpha value is -1.13. The molecule has 18 heavy (non-hydrogen) atoms. The molecule has 1 aromatic rings. The Morgan fingerprint density at radius 2 is 2.39 bits per heavy atom. The maximum Gasteiger partial charge on any atom is 0.163 e. The van der Waals surface area contributed by atoms with E-state index in [-0.39, 0.29) is 12.4 Å². The summed E-state index contributed by atoms with van der Waals surface area (Å²) in [5.74, 6) is 0.332. The quantitative estimate of drug-likeness (QED) is 0.651. The number of Topliss-reactive ketones (excluding diaryl/α,β-unsaturated/α-hetero) is 1. The molecule has 0 radical (unpaired) electrons. The number of ketones is 1. The lowest BCUT2D eigenvalue weighted by molar-refractivity contribution is 0.101. The zero-order chi connectivity index (χ0) is 13.1. The molecule has 2 atom stereocenters. The molecule has 1 fully saturated rings. The topological polar surface area (TPSA) is 62.2 Å². The summed E-state index contributed by atoms with van der Waals surface area (Å²) in [6.07, 6.45) is 4.45. The van der Waals surface area contributed by atoms with E-state index in [0.29, 0.717) is 22.7 Å². The second-order valence-corrected chi connectivity index (χ2v) is 5.20. The van der Waals surface area contributed by atoms with E-state index in [1.165, 1.54) is 13.1 Å². The third-order valence-electron chi connectivity index (χ3n) is 3.41. The zero-order valence-corrected chi connectivity index (χ0v) is 11.1. The fourth-order valence-electron chi connectivity index (χ4n) is 2.42. The molecule has 1 aromatic heterocycles. The first-order chi connectivity index (χ1) is 8.60. The van der Waals surface area contributed by atoms with Gasteiger partial charge in [0.2, 0.25) is 0 Å². The van der Waals surface area contributed by atoms with Crippen LogP contribution in [0.3, 0.4) is 0 Å². The Morgan fingerprint density at radius 1 is 1.61 bits per heavy atom. The Bertz CT molecular complexity index is 451. The molecule has 1 aliphatic carbocycles. The number of anilines is 1. The first-order valence-electron chi connectivity index (χ1n) is 6.14. The van der Waals surface area contributed by atoms with Crippen LogP contribution in [0.4, 0.5) is 5.69 Å². The van der Waals surface area contributed by atoms with Crippen molar-refractivity contribution < 1.29 is 9.90 Å². The predicted molar refractivity (Wildman–Crippen MR) is 71.1 cm³/mol. The number of nitrogens with one attached hydrogen (secondary N) is 1. The molecule has 2 rings (SSSR count). The lowest BCUT2D eigenvalue weighted by atomic mass is 10.1. The predicted octanol–water partition coefficient (Wildman–Crippen LogP) is 2.51. The van der Waals surface area contributed by atoms with Crippen molar-refractivity contribution >= 4 is 23.1 Å². The van der Waals surface area contributed by atoms with Crippen molar-refractivity contribution in [3.8, 4) is 0 Å². The molecule has 0 bridgehead atoms. The molecule has 5 heteroatoms. The highest BCUT2D eigenvalue weighted by Crippen LogP contribution is 2.29. The van der Waals surface area contributed by atoms with Crippen molar-refractivity contribution in [3.05, 3.63) is 23.0 Å².